The Morgan fingerprint density at radius 3 is 2.40 bits per heavy atom. The molecule has 0 aliphatic carbocycles. The van der Waals surface area contributed by atoms with Gasteiger partial charge in [-0.15, -0.1) is 0 Å². The summed E-state index contributed by atoms with van der Waals surface area (Å²) in [5.41, 5.74) is 0. The van der Waals surface area contributed by atoms with Crippen LogP contribution in [0.3, 0.4) is 0 Å². The van der Waals surface area contributed by atoms with Crippen molar-refractivity contribution in [3.8, 4) is 0 Å². The quantitative estimate of drug-likeness (QED) is 0.378. The second-order valence-electron chi connectivity index (χ2n) is 3.10. The summed E-state index contributed by atoms with van der Waals surface area (Å²) in [4.78, 5) is 11.2. The van der Waals surface area contributed by atoms with Gasteiger partial charge in [-0.2, -0.15) is 0 Å². The highest BCUT2D eigenvalue weighted by Gasteiger charge is 2.19. The predicted molar refractivity (Wildman–Crippen MR) is 61.0 cm³/mol. The predicted octanol–water partition coefficient (Wildman–Crippen LogP) is 1.40. The monoisotopic (exact) mass is 232 g/mol. The molecule has 0 aliphatic rings. The van der Waals surface area contributed by atoms with Crippen LogP contribution in [0.25, 0.3) is 0 Å². The van der Waals surface area contributed by atoms with Crippen LogP contribution in [0.4, 0.5) is 0 Å². The Bertz CT molecular complexity index is 202. The molecule has 0 spiro atoms. The molecule has 1 unspecified atom stereocenters. The summed E-state index contributed by atoms with van der Waals surface area (Å²) in [5, 5.41) is 0. The van der Waals surface area contributed by atoms with E-state index in [1.54, 1.807) is 27.2 Å². The van der Waals surface area contributed by atoms with Gasteiger partial charge in [-0.05, 0) is 13.3 Å². The summed E-state index contributed by atoms with van der Waals surface area (Å²) in [6, 6.07) is 0.687. The van der Waals surface area contributed by atoms with E-state index in [0.717, 1.165) is 6.42 Å². The molecule has 5 heteroatoms. The lowest BCUT2D eigenvalue weighted by Crippen LogP contribution is -2.28. The Kier molecular flexibility index (Phi) is 8.26. The minimum atomic E-state index is -1.65. The number of carbonyl (C=O) groups is 1. The average Bonchev–Trinajstić information content (AvgIpc) is 2.24. The molecule has 0 N–H and O–H groups in total. The van der Waals surface area contributed by atoms with E-state index in [0.29, 0.717) is 6.04 Å². The van der Waals surface area contributed by atoms with Crippen molar-refractivity contribution in [3.63, 3.8) is 0 Å². The van der Waals surface area contributed by atoms with Gasteiger partial charge in [-0.1, -0.05) is 13.0 Å². The van der Waals surface area contributed by atoms with Crippen LogP contribution in [-0.2, 0) is 18.4 Å². The largest absolute Gasteiger partial charge is 0.459 e. The zero-order valence-electron chi connectivity index (χ0n) is 9.86. The SMILES string of the molecule is CC=CC(=O)OC(CC)C[SiH](OC)OC. The Morgan fingerprint density at radius 2 is 2.00 bits per heavy atom. The molecule has 0 saturated heterocycles. The molecule has 0 saturated carbocycles. The van der Waals surface area contributed by atoms with Gasteiger partial charge in [0.25, 0.3) is 0 Å². The third kappa shape index (κ3) is 6.43. The van der Waals surface area contributed by atoms with Crippen LogP contribution in [0, 0.1) is 0 Å². The first-order valence-electron chi connectivity index (χ1n) is 5.06. The zero-order chi connectivity index (χ0) is 11.7. The fourth-order valence-electron chi connectivity index (χ4n) is 1.14. The third-order valence-corrected chi connectivity index (χ3v) is 3.98. The van der Waals surface area contributed by atoms with Crippen molar-refractivity contribution >= 4 is 15.3 Å². The van der Waals surface area contributed by atoms with Gasteiger partial charge in [0.05, 0.1) is 0 Å². The van der Waals surface area contributed by atoms with Crippen LogP contribution in [0.5, 0.6) is 0 Å². The van der Waals surface area contributed by atoms with E-state index in [-0.39, 0.29) is 12.1 Å². The molecule has 0 aromatic heterocycles. The van der Waals surface area contributed by atoms with E-state index < -0.39 is 9.28 Å². The molecule has 0 aliphatic heterocycles. The topological polar surface area (TPSA) is 44.8 Å². The summed E-state index contributed by atoms with van der Waals surface area (Å²) >= 11 is 0. The molecule has 0 aromatic rings. The average molecular weight is 232 g/mol. The van der Waals surface area contributed by atoms with Crippen molar-refractivity contribution < 1.29 is 18.4 Å². The first kappa shape index (κ1) is 14.3. The number of hydrogen-bond donors (Lipinski definition) is 0. The fraction of sp³-hybridized carbons (Fsp3) is 0.700. The van der Waals surface area contributed by atoms with Crippen molar-refractivity contribution in [1.29, 1.82) is 0 Å². The molecule has 0 heterocycles. The molecular formula is C10H20O4Si. The molecule has 0 amide bonds. The van der Waals surface area contributed by atoms with Gasteiger partial charge < -0.3 is 13.6 Å². The Morgan fingerprint density at radius 1 is 1.40 bits per heavy atom. The maximum absolute atomic E-state index is 11.2. The summed E-state index contributed by atoms with van der Waals surface area (Å²) < 4.78 is 15.6. The number of carbonyl (C=O) groups excluding carboxylic acids is 1. The van der Waals surface area contributed by atoms with E-state index in [2.05, 4.69) is 0 Å². The molecular weight excluding hydrogens is 212 g/mol. The molecule has 0 bridgehead atoms. The molecule has 0 fully saturated rings. The van der Waals surface area contributed by atoms with Crippen LogP contribution in [0.15, 0.2) is 12.2 Å². The second-order valence-corrected chi connectivity index (χ2v) is 5.38. The van der Waals surface area contributed by atoms with Crippen LogP contribution < -0.4 is 0 Å². The highest BCUT2D eigenvalue weighted by Crippen LogP contribution is 2.09. The highest BCUT2D eigenvalue weighted by atomic mass is 28.3. The van der Waals surface area contributed by atoms with Gasteiger partial charge >= 0.3 is 15.3 Å². The van der Waals surface area contributed by atoms with Gasteiger partial charge in [-0.25, -0.2) is 4.79 Å². The smallest absolute Gasteiger partial charge is 0.330 e. The van der Waals surface area contributed by atoms with Crippen LogP contribution in [-0.4, -0.2) is 35.6 Å². The van der Waals surface area contributed by atoms with Crippen LogP contribution in [0.1, 0.15) is 20.3 Å². The van der Waals surface area contributed by atoms with Gasteiger partial charge in [0.1, 0.15) is 6.10 Å². The summed E-state index contributed by atoms with van der Waals surface area (Å²) in [7, 11) is 1.60. The van der Waals surface area contributed by atoms with Crippen molar-refractivity contribution in [2.45, 2.75) is 32.4 Å². The fourth-order valence-corrected chi connectivity index (χ4v) is 2.58. The minimum Gasteiger partial charge on any atom is -0.459 e. The number of hydrogen-bond acceptors (Lipinski definition) is 4. The number of esters is 1. The molecule has 0 radical (unpaired) electrons. The zero-order valence-corrected chi connectivity index (χ0v) is 11.0. The lowest BCUT2D eigenvalue weighted by molar-refractivity contribution is -0.142. The van der Waals surface area contributed by atoms with E-state index in [1.165, 1.54) is 6.08 Å². The van der Waals surface area contributed by atoms with Crippen molar-refractivity contribution in [3.05, 3.63) is 12.2 Å². The maximum atomic E-state index is 11.2. The van der Waals surface area contributed by atoms with Crippen molar-refractivity contribution in [1.82, 2.24) is 0 Å². The first-order chi connectivity index (χ1) is 7.17. The maximum Gasteiger partial charge on any atom is 0.330 e. The third-order valence-electron chi connectivity index (χ3n) is 2.02. The summed E-state index contributed by atoms with van der Waals surface area (Å²) in [6.45, 7) is 3.76. The summed E-state index contributed by atoms with van der Waals surface area (Å²) in [6.07, 6.45) is 3.75. The van der Waals surface area contributed by atoms with Gasteiger partial charge in [0.15, 0.2) is 0 Å². The lowest BCUT2D eigenvalue weighted by atomic mass is 10.3. The standard InChI is InChI=1S/C10H20O4Si/c1-5-7-10(11)14-9(6-2)8-15(12-3)13-4/h5,7,9,15H,6,8H2,1-4H3. The van der Waals surface area contributed by atoms with Crippen molar-refractivity contribution in [2.75, 3.05) is 14.2 Å². The number of ether oxygens (including phenoxy) is 1. The van der Waals surface area contributed by atoms with E-state index in [4.69, 9.17) is 13.6 Å². The Balaban J connectivity index is 4.06. The van der Waals surface area contributed by atoms with E-state index >= 15 is 0 Å². The molecule has 4 nitrogen and oxygen atoms in total. The Hall–Kier alpha value is -0.653. The van der Waals surface area contributed by atoms with Gasteiger partial charge in [-0.3, -0.25) is 0 Å². The molecule has 88 valence electrons. The van der Waals surface area contributed by atoms with Crippen molar-refractivity contribution in [2.24, 2.45) is 0 Å². The lowest BCUT2D eigenvalue weighted by Gasteiger charge is -2.18. The van der Waals surface area contributed by atoms with E-state index in [9.17, 15) is 4.79 Å². The second kappa shape index (κ2) is 8.64. The highest BCUT2D eigenvalue weighted by molar-refractivity contribution is 6.44. The first-order valence-corrected chi connectivity index (χ1v) is 6.82. The molecule has 15 heavy (non-hydrogen) atoms. The Labute approximate surface area is 93.1 Å². The van der Waals surface area contributed by atoms with Crippen LogP contribution in [0.2, 0.25) is 6.04 Å². The van der Waals surface area contributed by atoms with Gasteiger partial charge in [0.2, 0.25) is 0 Å². The normalized spacial score (nSPS) is 13.4. The molecule has 0 aromatic carbocycles. The number of rotatable bonds is 7. The van der Waals surface area contributed by atoms with Gasteiger partial charge in [0, 0.05) is 26.3 Å². The van der Waals surface area contributed by atoms with E-state index in [1.807, 2.05) is 6.92 Å². The van der Waals surface area contributed by atoms with Crippen LogP contribution >= 0.6 is 0 Å². The summed E-state index contributed by atoms with van der Waals surface area (Å²) in [5.74, 6) is -0.302. The molecule has 1 atom stereocenters. The number of allylic oxidation sites excluding steroid dienone is 1. The minimum absolute atomic E-state index is 0.106. The molecule has 0 rings (SSSR count).